The van der Waals surface area contributed by atoms with Crippen LogP contribution in [0.15, 0.2) is 36.4 Å². The Balaban J connectivity index is 1.79. The summed E-state index contributed by atoms with van der Waals surface area (Å²) >= 11 is 7.36. The second kappa shape index (κ2) is 8.92. The summed E-state index contributed by atoms with van der Waals surface area (Å²) in [4.78, 5) is 23.8. The lowest BCUT2D eigenvalue weighted by Crippen LogP contribution is -2.42. The van der Waals surface area contributed by atoms with Crippen molar-refractivity contribution in [3.05, 3.63) is 69.2 Å². The topological polar surface area (TPSA) is 58.2 Å². The van der Waals surface area contributed by atoms with Gasteiger partial charge in [0.2, 0.25) is 5.91 Å². The zero-order valence-corrected chi connectivity index (χ0v) is 16.1. The Morgan fingerprint density at radius 3 is 2.36 bits per heavy atom. The van der Waals surface area contributed by atoms with Gasteiger partial charge in [0.15, 0.2) is 0 Å². The summed E-state index contributed by atoms with van der Waals surface area (Å²) in [5, 5.41) is 0.471. The third-order valence-corrected chi connectivity index (χ3v) is 4.92. The maximum Gasteiger partial charge on any atom is 0.269 e. The number of hydrogen-bond donors (Lipinski definition) is 2. The van der Waals surface area contributed by atoms with Crippen LogP contribution in [0.2, 0.25) is 5.02 Å². The number of hydrogen-bond acceptors (Lipinski definition) is 3. The highest BCUT2D eigenvalue weighted by atomic mass is 35.5. The van der Waals surface area contributed by atoms with Gasteiger partial charge in [-0.25, -0.2) is 0 Å². The summed E-state index contributed by atoms with van der Waals surface area (Å²) in [6.45, 7) is 6.25. The molecule has 0 fully saturated rings. The molecule has 0 bridgehead atoms. The van der Waals surface area contributed by atoms with Crippen LogP contribution in [0.3, 0.4) is 0 Å². The minimum Gasteiger partial charge on any atom is -0.272 e. The van der Waals surface area contributed by atoms with Gasteiger partial charge < -0.3 is 0 Å². The number of halogens is 1. The zero-order chi connectivity index (χ0) is 18.4. The number of carbonyl (C=O) groups excluding carboxylic acids is 2. The van der Waals surface area contributed by atoms with E-state index in [1.54, 1.807) is 24.3 Å². The zero-order valence-electron chi connectivity index (χ0n) is 14.5. The minimum absolute atomic E-state index is 0.247. The van der Waals surface area contributed by atoms with Gasteiger partial charge in [-0.15, -0.1) is 11.8 Å². The molecule has 0 spiro atoms. The quantitative estimate of drug-likeness (QED) is 0.776. The molecule has 0 heterocycles. The molecule has 2 rings (SSSR count). The van der Waals surface area contributed by atoms with Gasteiger partial charge in [0, 0.05) is 16.3 Å². The molecule has 132 valence electrons. The van der Waals surface area contributed by atoms with E-state index < -0.39 is 5.91 Å². The Morgan fingerprint density at radius 1 is 1.04 bits per heavy atom. The van der Waals surface area contributed by atoms with E-state index >= 15 is 0 Å². The highest BCUT2D eigenvalue weighted by Gasteiger charge is 2.09. The van der Waals surface area contributed by atoms with E-state index in [1.165, 1.54) is 34.0 Å². The van der Waals surface area contributed by atoms with Gasteiger partial charge in [0.05, 0.1) is 5.75 Å². The Kier molecular flexibility index (Phi) is 6.91. The third-order valence-electron chi connectivity index (χ3n) is 3.72. The molecule has 0 aromatic heterocycles. The summed E-state index contributed by atoms with van der Waals surface area (Å²) in [6.07, 6.45) is 0. The molecule has 0 aliphatic heterocycles. The van der Waals surface area contributed by atoms with Crippen LogP contribution in [0.5, 0.6) is 0 Å². The molecule has 4 nitrogen and oxygen atoms in total. The fraction of sp³-hybridized carbons (Fsp3) is 0.263. The Morgan fingerprint density at radius 2 is 1.72 bits per heavy atom. The number of rotatable bonds is 5. The molecule has 0 aliphatic carbocycles. The second-order valence-electron chi connectivity index (χ2n) is 5.88. The van der Waals surface area contributed by atoms with E-state index in [1.807, 2.05) is 0 Å². The van der Waals surface area contributed by atoms with Crippen molar-refractivity contribution in [2.75, 3.05) is 5.75 Å². The average Bonchev–Trinajstić information content (AvgIpc) is 2.55. The number of carbonyl (C=O) groups is 2. The largest absolute Gasteiger partial charge is 0.272 e. The molecule has 0 radical (unpaired) electrons. The van der Waals surface area contributed by atoms with Crippen molar-refractivity contribution in [3.8, 4) is 0 Å². The van der Waals surface area contributed by atoms with E-state index in [4.69, 9.17) is 11.6 Å². The van der Waals surface area contributed by atoms with Crippen molar-refractivity contribution in [1.82, 2.24) is 10.9 Å². The first-order valence-electron chi connectivity index (χ1n) is 7.86. The fourth-order valence-electron chi connectivity index (χ4n) is 2.55. The molecular formula is C19H21ClN2O2S. The molecule has 2 N–H and O–H groups in total. The summed E-state index contributed by atoms with van der Waals surface area (Å²) in [5.41, 5.74) is 10.2. The van der Waals surface area contributed by atoms with Gasteiger partial charge in [0.25, 0.3) is 5.91 Å². The monoisotopic (exact) mass is 376 g/mol. The molecule has 25 heavy (non-hydrogen) atoms. The molecule has 6 heteroatoms. The Hall–Kier alpha value is -1.98. The average molecular weight is 377 g/mol. The maximum atomic E-state index is 11.9. The lowest BCUT2D eigenvalue weighted by atomic mass is 10.0. The summed E-state index contributed by atoms with van der Waals surface area (Å²) in [6, 6.07) is 10.8. The summed E-state index contributed by atoms with van der Waals surface area (Å²) in [7, 11) is 0. The maximum absolute atomic E-state index is 11.9. The second-order valence-corrected chi connectivity index (χ2v) is 7.30. The van der Waals surface area contributed by atoms with Crippen molar-refractivity contribution in [2.45, 2.75) is 26.5 Å². The predicted molar refractivity (Wildman–Crippen MR) is 104 cm³/mol. The highest BCUT2D eigenvalue weighted by Crippen LogP contribution is 2.21. The van der Waals surface area contributed by atoms with Crippen LogP contribution in [-0.4, -0.2) is 17.6 Å². The van der Waals surface area contributed by atoms with Gasteiger partial charge in [-0.05, 0) is 55.7 Å². The first-order chi connectivity index (χ1) is 11.9. The van der Waals surface area contributed by atoms with Crippen molar-refractivity contribution >= 4 is 35.2 Å². The number of thioether (sulfide) groups is 1. The highest BCUT2D eigenvalue weighted by molar-refractivity contribution is 7.99. The van der Waals surface area contributed by atoms with Gasteiger partial charge in [-0.3, -0.25) is 20.4 Å². The van der Waals surface area contributed by atoms with E-state index in [9.17, 15) is 9.59 Å². The molecular weight excluding hydrogens is 356 g/mol. The Labute approximate surface area is 157 Å². The van der Waals surface area contributed by atoms with Gasteiger partial charge in [-0.2, -0.15) is 0 Å². The van der Waals surface area contributed by atoms with Crippen molar-refractivity contribution in [1.29, 1.82) is 0 Å². The Bertz CT molecular complexity index is 770. The SMILES string of the molecule is Cc1cc(C)c(CSCC(=O)NNC(=O)c2cccc(Cl)c2)c(C)c1. The molecule has 0 atom stereocenters. The van der Waals surface area contributed by atoms with Crippen molar-refractivity contribution in [3.63, 3.8) is 0 Å². The van der Waals surface area contributed by atoms with Crippen LogP contribution in [-0.2, 0) is 10.5 Å². The molecule has 2 amide bonds. The predicted octanol–water partition coefficient (Wildman–Crippen LogP) is 3.96. The van der Waals surface area contributed by atoms with Crippen LogP contribution < -0.4 is 10.9 Å². The summed E-state index contributed by atoms with van der Waals surface area (Å²) in [5.74, 6) is 0.379. The summed E-state index contributed by atoms with van der Waals surface area (Å²) < 4.78 is 0. The smallest absolute Gasteiger partial charge is 0.269 e. The molecule has 2 aromatic rings. The molecule has 0 unspecified atom stereocenters. The van der Waals surface area contributed by atoms with E-state index in [-0.39, 0.29) is 11.7 Å². The first kappa shape index (κ1) is 19.3. The third kappa shape index (κ3) is 5.80. The minimum atomic E-state index is -0.397. The number of hydrazine groups is 1. The first-order valence-corrected chi connectivity index (χ1v) is 9.39. The standard InChI is InChI=1S/C19H21ClN2O2S/c1-12-7-13(2)17(14(3)8-12)10-25-11-18(23)21-22-19(24)15-5-4-6-16(20)9-15/h4-9H,10-11H2,1-3H3,(H,21,23)(H,22,24). The number of benzene rings is 2. The van der Waals surface area contributed by atoms with Crippen LogP contribution in [0, 0.1) is 20.8 Å². The molecule has 0 aliphatic rings. The van der Waals surface area contributed by atoms with Crippen LogP contribution in [0.4, 0.5) is 0 Å². The molecule has 0 saturated heterocycles. The fourth-order valence-corrected chi connectivity index (χ4v) is 3.76. The lowest BCUT2D eigenvalue weighted by molar-refractivity contribution is -0.119. The van der Waals surface area contributed by atoms with Crippen LogP contribution in [0.25, 0.3) is 0 Å². The molecule has 2 aromatic carbocycles. The normalized spacial score (nSPS) is 10.4. The van der Waals surface area contributed by atoms with E-state index in [0.717, 1.165) is 5.75 Å². The number of amides is 2. The number of aryl methyl sites for hydroxylation is 3. The van der Waals surface area contributed by atoms with Gasteiger partial charge in [-0.1, -0.05) is 35.4 Å². The van der Waals surface area contributed by atoms with Crippen molar-refractivity contribution < 1.29 is 9.59 Å². The van der Waals surface area contributed by atoms with Crippen LogP contribution >= 0.6 is 23.4 Å². The van der Waals surface area contributed by atoms with Crippen LogP contribution in [0.1, 0.15) is 32.6 Å². The van der Waals surface area contributed by atoms with E-state index in [2.05, 4.69) is 43.8 Å². The van der Waals surface area contributed by atoms with Crippen molar-refractivity contribution in [2.24, 2.45) is 0 Å². The van der Waals surface area contributed by atoms with Gasteiger partial charge in [0.1, 0.15) is 0 Å². The van der Waals surface area contributed by atoms with Gasteiger partial charge >= 0.3 is 0 Å². The molecule has 0 saturated carbocycles. The lowest BCUT2D eigenvalue weighted by Gasteiger charge is -2.11. The van der Waals surface area contributed by atoms with E-state index in [0.29, 0.717) is 10.6 Å². The number of nitrogens with one attached hydrogen (secondary N) is 2.